The molecule has 1 unspecified atom stereocenters. The Kier molecular flexibility index (Phi) is 4.29. The lowest BCUT2D eigenvalue weighted by Gasteiger charge is -2.16. The predicted octanol–water partition coefficient (Wildman–Crippen LogP) is 3.51. The van der Waals surface area contributed by atoms with Gasteiger partial charge in [0.1, 0.15) is 16.6 Å². The van der Waals surface area contributed by atoms with Crippen LogP contribution in [0.15, 0.2) is 0 Å². The first-order chi connectivity index (χ1) is 8.26. The Hall–Kier alpha value is -0.740. The van der Waals surface area contributed by atoms with Gasteiger partial charge in [-0.2, -0.15) is 0 Å². The number of nitrogens with one attached hydrogen (secondary N) is 1. The molecule has 0 aliphatic heterocycles. The van der Waals surface area contributed by atoms with Gasteiger partial charge in [0.05, 0.1) is 0 Å². The van der Waals surface area contributed by atoms with Gasteiger partial charge in [-0.05, 0) is 32.6 Å². The minimum Gasteiger partial charge on any atom is -0.371 e. The molecule has 1 aliphatic carbocycles. The van der Waals surface area contributed by atoms with Gasteiger partial charge in [-0.25, -0.2) is 4.98 Å². The number of rotatable bonds is 5. The highest BCUT2D eigenvalue weighted by molar-refractivity contribution is 7.71. The van der Waals surface area contributed by atoms with Crippen molar-refractivity contribution in [3.8, 4) is 0 Å². The Morgan fingerprint density at radius 3 is 2.94 bits per heavy atom. The van der Waals surface area contributed by atoms with E-state index in [1.165, 1.54) is 17.7 Å². The normalized spacial score (nSPS) is 15.9. The van der Waals surface area contributed by atoms with Gasteiger partial charge in [-0.1, -0.05) is 25.6 Å². The number of hydrogen-bond donors (Lipinski definition) is 1. The molecule has 3 nitrogen and oxygen atoms in total. The molecule has 0 saturated heterocycles. The second kappa shape index (κ2) is 5.74. The number of H-pyrrole nitrogens is 1. The highest BCUT2D eigenvalue weighted by atomic mass is 32.1. The summed E-state index contributed by atoms with van der Waals surface area (Å²) in [6.07, 6.45) is 5.50. The average Bonchev–Trinajstić information content (AvgIpc) is 2.77. The van der Waals surface area contributed by atoms with E-state index in [2.05, 4.69) is 16.9 Å². The molecule has 0 radical (unpaired) electrons. The zero-order valence-electron chi connectivity index (χ0n) is 10.6. The molecule has 1 aromatic heterocycles. The number of aromatic nitrogens is 2. The van der Waals surface area contributed by atoms with Crippen LogP contribution in [-0.2, 0) is 17.6 Å². The SMILES string of the molecule is CCCC(OCC)c1nc(=S)c2c([nH]1)CCC2. The molecule has 0 fully saturated rings. The highest BCUT2D eigenvalue weighted by Gasteiger charge is 2.19. The van der Waals surface area contributed by atoms with Crippen LogP contribution in [0.5, 0.6) is 0 Å². The molecule has 1 heterocycles. The van der Waals surface area contributed by atoms with Crippen LogP contribution in [0.3, 0.4) is 0 Å². The number of aryl methyl sites for hydroxylation is 1. The van der Waals surface area contributed by atoms with Crippen LogP contribution >= 0.6 is 12.2 Å². The zero-order valence-corrected chi connectivity index (χ0v) is 11.4. The third-order valence-corrected chi connectivity index (χ3v) is 3.54. The van der Waals surface area contributed by atoms with Crippen molar-refractivity contribution in [3.05, 3.63) is 21.7 Å². The third kappa shape index (κ3) is 2.75. The fourth-order valence-electron chi connectivity index (χ4n) is 2.39. The Morgan fingerprint density at radius 2 is 2.24 bits per heavy atom. The van der Waals surface area contributed by atoms with Crippen molar-refractivity contribution in [2.45, 2.75) is 52.1 Å². The van der Waals surface area contributed by atoms with Gasteiger partial charge in [0.2, 0.25) is 0 Å². The summed E-state index contributed by atoms with van der Waals surface area (Å²) < 4.78 is 6.51. The van der Waals surface area contributed by atoms with E-state index in [1.54, 1.807) is 0 Å². The van der Waals surface area contributed by atoms with Crippen LogP contribution in [-0.4, -0.2) is 16.6 Å². The summed E-state index contributed by atoms with van der Waals surface area (Å²) in [7, 11) is 0. The summed E-state index contributed by atoms with van der Waals surface area (Å²) in [6, 6.07) is 0. The molecular formula is C13H20N2OS. The van der Waals surface area contributed by atoms with Crippen molar-refractivity contribution in [2.24, 2.45) is 0 Å². The molecule has 1 N–H and O–H groups in total. The molecule has 0 spiro atoms. The van der Waals surface area contributed by atoms with E-state index in [0.717, 1.165) is 36.1 Å². The van der Waals surface area contributed by atoms with Crippen molar-refractivity contribution in [1.82, 2.24) is 9.97 Å². The fraction of sp³-hybridized carbons (Fsp3) is 0.692. The number of ether oxygens (including phenoxy) is 1. The van der Waals surface area contributed by atoms with Gasteiger partial charge < -0.3 is 9.72 Å². The van der Waals surface area contributed by atoms with E-state index < -0.39 is 0 Å². The summed E-state index contributed by atoms with van der Waals surface area (Å²) in [5.41, 5.74) is 2.52. The van der Waals surface area contributed by atoms with Gasteiger partial charge in [-0.3, -0.25) is 0 Å². The van der Waals surface area contributed by atoms with Crippen LogP contribution in [0.2, 0.25) is 0 Å². The van der Waals surface area contributed by atoms with Crippen LogP contribution < -0.4 is 0 Å². The van der Waals surface area contributed by atoms with Crippen LogP contribution in [0.25, 0.3) is 0 Å². The van der Waals surface area contributed by atoms with E-state index in [0.29, 0.717) is 6.61 Å². The summed E-state index contributed by atoms with van der Waals surface area (Å²) >= 11 is 5.37. The number of fused-ring (bicyclic) bond motifs is 1. The molecular weight excluding hydrogens is 232 g/mol. The molecule has 0 saturated carbocycles. The minimum atomic E-state index is 0.0672. The maximum absolute atomic E-state index is 5.74. The lowest BCUT2D eigenvalue weighted by atomic mass is 10.2. The monoisotopic (exact) mass is 252 g/mol. The smallest absolute Gasteiger partial charge is 0.137 e. The largest absolute Gasteiger partial charge is 0.371 e. The van der Waals surface area contributed by atoms with Gasteiger partial charge in [-0.15, -0.1) is 0 Å². The van der Waals surface area contributed by atoms with Crippen molar-refractivity contribution >= 4 is 12.2 Å². The molecule has 4 heteroatoms. The van der Waals surface area contributed by atoms with Gasteiger partial charge >= 0.3 is 0 Å². The molecule has 0 bridgehead atoms. The highest BCUT2D eigenvalue weighted by Crippen LogP contribution is 2.25. The number of hydrogen-bond acceptors (Lipinski definition) is 3. The quantitative estimate of drug-likeness (QED) is 0.815. The number of nitrogens with zero attached hydrogens (tertiary/aromatic N) is 1. The van der Waals surface area contributed by atoms with Crippen LogP contribution in [0.1, 0.15) is 56.3 Å². The van der Waals surface area contributed by atoms with Crippen LogP contribution in [0, 0.1) is 4.64 Å². The van der Waals surface area contributed by atoms with Crippen molar-refractivity contribution in [3.63, 3.8) is 0 Å². The topological polar surface area (TPSA) is 37.9 Å². The zero-order chi connectivity index (χ0) is 12.3. The Labute approximate surface area is 108 Å². The van der Waals surface area contributed by atoms with Crippen LogP contribution in [0.4, 0.5) is 0 Å². The molecule has 0 amide bonds. The molecule has 1 atom stereocenters. The Morgan fingerprint density at radius 1 is 1.41 bits per heavy atom. The first kappa shape index (κ1) is 12.7. The summed E-state index contributed by atoms with van der Waals surface area (Å²) in [6.45, 7) is 4.89. The summed E-state index contributed by atoms with van der Waals surface area (Å²) in [4.78, 5) is 7.95. The molecule has 1 aromatic rings. The van der Waals surface area contributed by atoms with E-state index in [4.69, 9.17) is 17.0 Å². The van der Waals surface area contributed by atoms with E-state index in [-0.39, 0.29) is 6.10 Å². The lowest BCUT2D eigenvalue weighted by Crippen LogP contribution is -2.11. The molecule has 17 heavy (non-hydrogen) atoms. The second-order valence-corrected chi connectivity index (χ2v) is 4.86. The Bertz CT molecular complexity index is 436. The van der Waals surface area contributed by atoms with Crippen molar-refractivity contribution < 1.29 is 4.74 Å². The third-order valence-electron chi connectivity index (χ3n) is 3.20. The first-order valence-corrected chi connectivity index (χ1v) is 6.90. The average molecular weight is 252 g/mol. The van der Waals surface area contributed by atoms with E-state index in [9.17, 15) is 0 Å². The van der Waals surface area contributed by atoms with Crippen molar-refractivity contribution in [1.29, 1.82) is 0 Å². The standard InChI is InChI=1S/C13H20N2OS/c1-3-6-11(16-4-2)12-14-10-8-5-7-9(10)13(17)15-12/h11H,3-8H2,1-2H3,(H,14,15,17). The number of aromatic amines is 1. The molecule has 1 aliphatic rings. The summed E-state index contributed by atoms with van der Waals surface area (Å²) in [5, 5.41) is 0. The van der Waals surface area contributed by atoms with E-state index in [1.807, 2.05) is 6.92 Å². The van der Waals surface area contributed by atoms with Gasteiger partial charge in [0.25, 0.3) is 0 Å². The predicted molar refractivity (Wildman–Crippen MR) is 70.7 cm³/mol. The summed E-state index contributed by atoms with van der Waals surface area (Å²) in [5.74, 6) is 0.916. The molecule has 2 rings (SSSR count). The molecule has 0 aromatic carbocycles. The van der Waals surface area contributed by atoms with Gasteiger partial charge in [0, 0.05) is 17.9 Å². The minimum absolute atomic E-state index is 0.0672. The first-order valence-electron chi connectivity index (χ1n) is 6.49. The molecule has 94 valence electrons. The fourth-order valence-corrected chi connectivity index (χ4v) is 2.72. The van der Waals surface area contributed by atoms with Crippen molar-refractivity contribution in [2.75, 3.05) is 6.61 Å². The maximum Gasteiger partial charge on any atom is 0.137 e. The second-order valence-electron chi connectivity index (χ2n) is 4.47. The van der Waals surface area contributed by atoms with Gasteiger partial charge in [0.15, 0.2) is 0 Å². The van der Waals surface area contributed by atoms with E-state index >= 15 is 0 Å². The lowest BCUT2D eigenvalue weighted by molar-refractivity contribution is 0.0491. The Balaban J connectivity index is 2.31. The maximum atomic E-state index is 5.74.